The van der Waals surface area contributed by atoms with Gasteiger partial charge in [-0.1, -0.05) is 0 Å². The molecule has 0 saturated carbocycles. The third-order valence-electron chi connectivity index (χ3n) is 3.42. The van der Waals surface area contributed by atoms with Crippen molar-refractivity contribution in [3.8, 4) is 5.00 Å². The minimum absolute atomic E-state index is 0.395. The molecule has 2 aromatic heterocycles. The lowest BCUT2D eigenvalue weighted by molar-refractivity contribution is 0.0696. The smallest absolute Gasteiger partial charge is 0.339 e. The molecule has 0 amide bonds. The first kappa shape index (κ1) is 15.8. The summed E-state index contributed by atoms with van der Waals surface area (Å²) in [6.45, 7) is 5.90. The van der Waals surface area contributed by atoms with Gasteiger partial charge in [-0.25, -0.2) is 4.79 Å². The Bertz CT molecular complexity index is 631. The molecule has 2 rings (SSSR count). The van der Waals surface area contributed by atoms with Gasteiger partial charge in [-0.15, -0.1) is 11.3 Å². The first-order valence-electron chi connectivity index (χ1n) is 6.75. The van der Waals surface area contributed by atoms with Gasteiger partial charge in [0.1, 0.15) is 5.00 Å². The van der Waals surface area contributed by atoms with Crippen molar-refractivity contribution in [1.82, 2.24) is 9.88 Å². The minimum atomic E-state index is -0.876. The fourth-order valence-electron chi connectivity index (χ4n) is 2.18. The highest BCUT2D eigenvalue weighted by atomic mass is 32.1. The molecule has 0 aliphatic carbocycles. The molecule has 21 heavy (non-hydrogen) atoms. The monoisotopic (exact) mass is 308 g/mol. The summed E-state index contributed by atoms with van der Waals surface area (Å²) in [5.74, 6) is -0.876. The Morgan fingerprint density at radius 2 is 2.24 bits per heavy atom. The topological polar surface area (TPSA) is 63.5 Å². The van der Waals surface area contributed by atoms with Crippen LogP contribution < -0.4 is 5.32 Å². The van der Waals surface area contributed by atoms with Crippen molar-refractivity contribution >= 4 is 17.3 Å². The number of nitrogens with one attached hydrogen (secondary N) is 1. The number of nitrogens with zero attached hydrogens (tertiary/aromatic N) is 1. The molecule has 2 N–H and O–H groups in total. The van der Waals surface area contributed by atoms with E-state index in [-0.39, 0.29) is 0 Å². The van der Waals surface area contributed by atoms with Crippen LogP contribution in [0, 0.1) is 13.8 Å². The van der Waals surface area contributed by atoms with Gasteiger partial charge in [-0.05, 0) is 31.5 Å². The molecule has 2 aromatic rings. The van der Waals surface area contributed by atoms with E-state index in [0.29, 0.717) is 18.7 Å². The first-order chi connectivity index (χ1) is 10.1. The summed E-state index contributed by atoms with van der Waals surface area (Å²) < 4.78 is 6.95. The Morgan fingerprint density at radius 1 is 1.48 bits per heavy atom. The van der Waals surface area contributed by atoms with Crippen LogP contribution in [0.3, 0.4) is 0 Å². The van der Waals surface area contributed by atoms with Crippen molar-refractivity contribution < 1.29 is 14.6 Å². The number of carbonyl (C=O) groups is 1. The lowest BCUT2D eigenvalue weighted by Crippen LogP contribution is -2.20. The van der Waals surface area contributed by atoms with E-state index in [9.17, 15) is 9.90 Å². The van der Waals surface area contributed by atoms with E-state index in [0.717, 1.165) is 27.7 Å². The van der Waals surface area contributed by atoms with Gasteiger partial charge in [0.2, 0.25) is 0 Å². The Labute approximate surface area is 128 Å². The maximum atomic E-state index is 11.5. The van der Waals surface area contributed by atoms with Gasteiger partial charge in [0.05, 0.1) is 12.2 Å². The summed E-state index contributed by atoms with van der Waals surface area (Å²) in [5, 5.41) is 13.5. The second-order valence-corrected chi connectivity index (χ2v) is 6.01. The van der Waals surface area contributed by atoms with Crippen LogP contribution in [0.25, 0.3) is 5.00 Å². The molecular weight excluding hydrogens is 288 g/mol. The normalized spacial score (nSPS) is 11.0. The van der Waals surface area contributed by atoms with Gasteiger partial charge in [-0.3, -0.25) is 0 Å². The number of carboxylic acid groups (broad SMARTS) is 1. The third kappa shape index (κ3) is 3.34. The zero-order chi connectivity index (χ0) is 15.4. The number of hydrogen-bond donors (Lipinski definition) is 2. The van der Waals surface area contributed by atoms with E-state index in [1.54, 1.807) is 7.11 Å². The molecule has 0 fully saturated rings. The van der Waals surface area contributed by atoms with Gasteiger partial charge in [0.15, 0.2) is 0 Å². The molecule has 0 radical (unpaired) electrons. The van der Waals surface area contributed by atoms with Gasteiger partial charge >= 0.3 is 5.97 Å². The zero-order valence-corrected chi connectivity index (χ0v) is 13.3. The molecule has 114 valence electrons. The predicted octanol–water partition coefficient (Wildman–Crippen LogP) is 2.59. The standard InChI is InChI=1S/C15H20N2O3S/c1-10-11(2)21-14(13(10)15(18)19)17-7-4-5-12(17)9-16-6-8-20-3/h4-5,7,16H,6,8-9H2,1-3H3,(H,18,19). The van der Waals surface area contributed by atoms with Gasteiger partial charge in [0, 0.05) is 37.0 Å². The molecule has 0 aliphatic heterocycles. The molecule has 0 bridgehead atoms. The van der Waals surface area contributed by atoms with Crippen molar-refractivity contribution in [3.63, 3.8) is 0 Å². The largest absolute Gasteiger partial charge is 0.478 e. The number of aryl methyl sites for hydroxylation is 1. The summed E-state index contributed by atoms with van der Waals surface area (Å²) in [6.07, 6.45) is 1.91. The molecular formula is C15H20N2O3S. The van der Waals surface area contributed by atoms with Crippen LogP contribution in [-0.4, -0.2) is 35.9 Å². The average molecular weight is 308 g/mol. The summed E-state index contributed by atoms with van der Waals surface area (Å²) in [6, 6.07) is 3.93. The van der Waals surface area contributed by atoms with Crippen LogP contribution in [-0.2, 0) is 11.3 Å². The highest BCUT2D eigenvalue weighted by molar-refractivity contribution is 7.15. The second kappa shape index (κ2) is 6.89. The van der Waals surface area contributed by atoms with E-state index in [2.05, 4.69) is 5.32 Å². The van der Waals surface area contributed by atoms with Crippen LogP contribution in [0.1, 0.15) is 26.5 Å². The van der Waals surface area contributed by atoms with Crippen LogP contribution >= 0.6 is 11.3 Å². The first-order valence-corrected chi connectivity index (χ1v) is 7.57. The molecule has 0 unspecified atom stereocenters. The van der Waals surface area contributed by atoms with E-state index < -0.39 is 5.97 Å². The Hall–Kier alpha value is -1.63. The van der Waals surface area contributed by atoms with Crippen molar-refractivity contribution in [2.45, 2.75) is 20.4 Å². The van der Waals surface area contributed by atoms with Crippen LogP contribution in [0.2, 0.25) is 0 Å². The Balaban J connectivity index is 2.29. The van der Waals surface area contributed by atoms with E-state index in [4.69, 9.17) is 4.74 Å². The summed E-state index contributed by atoms with van der Waals surface area (Å²) in [4.78, 5) is 12.6. The number of hydrogen-bond acceptors (Lipinski definition) is 4. The fourth-order valence-corrected chi connectivity index (χ4v) is 3.34. The number of aromatic nitrogens is 1. The molecule has 0 saturated heterocycles. The Morgan fingerprint density at radius 3 is 2.90 bits per heavy atom. The molecule has 2 heterocycles. The molecule has 0 spiro atoms. The number of aromatic carboxylic acids is 1. The highest BCUT2D eigenvalue weighted by Gasteiger charge is 2.20. The number of ether oxygens (including phenoxy) is 1. The van der Waals surface area contributed by atoms with Crippen molar-refractivity contribution in [1.29, 1.82) is 0 Å². The lowest BCUT2D eigenvalue weighted by atomic mass is 10.1. The van der Waals surface area contributed by atoms with E-state index >= 15 is 0 Å². The van der Waals surface area contributed by atoms with Crippen LogP contribution in [0.4, 0.5) is 0 Å². The quantitative estimate of drug-likeness (QED) is 0.772. The second-order valence-electron chi connectivity index (χ2n) is 4.81. The molecule has 5 nitrogen and oxygen atoms in total. The summed E-state index contributed by atoms with van der Waals surface area (Å²) in [5.41, 5.74) is 2.27. The molecule has 0 atom stereocenters. The van der Waals surface area contributed by atoms with E-state index in [1.165, 1.54) is 11.3 Å². The minimum Gasteiger partial charge on any atom is -0.478 e. The van der Waals surface area contributed by atoms with Crippen molar-refractivity contribution in [2.24, 2.45) is 0 Å². The molecule has 6 heteroatoms. The number of thiophene rings is 1. The fraction of sp³-hybridized carbons (Fsp3) is 0.400. The maximum absolute atomic E-state index is 11.5. The number of carboxylic acids is 1. The predicted molar refractivity (Wildman–Crippen MR) is 83.7 cm³/mol. The maximum Gasteiger partial charge on any atom is 0.339 e. The third-order valence-corrected chi connectivity index (χ3v) is 4.63. The average Bonchev–Trinajstić information content (AvgIpc) is 3.00. The SMILES string of the molecule is COCCNCc1cccn1-c1sc(C)c(C)c1C(=O)O. The van der Waals surface area contributed by atoms with Crippen molar-refractivity contribution in [3.05, 3.63) is 40.0 Å². The number of methoxy groups -OCH3 is 1. The van der Waals surface area contributed by atoms with Crippen LogP contribution in [0.5, 0.6) is 0 Å². The Kier molecular flexibility index (Phi) is 5.17. The summed E-state index contributed by atoms with van der Waals surface area (Å²) >= 11 is 1.51. The van der Waals surface area contributed by atoms with Gasteiger partial charge in [0.25, 0.3) is 0 Å². The van der Waals surface area contributed by atoms with E-state index in [1.807, 2.05) is 36.7 Å². The van der Waals surface area contributed by atoms with Gasteiger partial charge in [-0.2, -0.15) is 0 Å². The van der Waals surface area contributed by atoms with Crippen molar-refractivity contribution in [2.75, 3.05) is 20.3 Å². The highest BCUT2D eigenvalue weighted by Crippen LogP contribution is 2.31. The number of rotatable bonds is 7. The molecule has 0 aliphatic rings. The summed E-state index contributed by atoms with van der Waals surface area (Å²) in [7, 11) is 1.67. The lowest BCUT2D eigenvalue weighted by Gasteiger charge is -2.10. The zero-order valence-electron chi connectivity index (χ0n) is 12.5. The van der Waals surface area contributed by atoms with Crippen LogP contribution in [0.15, 0.2) is 18.3 Å². The molecule has 0 aromatic carbocycles. The van der Waals surface area contributed by atoms with Gasteiger partial charge < -0.3 is 19.7 Å².